The van der Waals surface area contributed by atoms with Crippen LogP contribution in [0.4, 0.5) is 0 Å². The van der Waals surface area contributed by atoms with Gasteiger partial charge in [-0.2, -0.15) is 0 Å². The molecular formula is C15H26O2. The Labute approximate surface area is 105 Å². The van der Waals surface area contributed by atoms with E-state index in [1.54, 1.807) is 6.92 Å². The van der Waals surface area contributed by atoms with Crippen LogP contribution < -0.4 is 0 Å². The van der Waals surface area contributed by atoms with Crippen LogP contribution in [0.25, 0.3) is 0 Å². The largest absolute Gasteiger partial charge is 0.478 e. The summed E-state index contributed by atoms with van der Waals surface area (Å²) in [7, 11) is 0. The summed E-state index contributed by atoms with van der Waals surface area (Å²) in [5, 5.41) is 8.80. The Kier molecular flexibility index (Phi) is 9.50. The minimum Gasteiger partial charge on any atom is -0.478 e. The summed E-state index contributed by atoms with van der Waals surface area (Å²) in [4.78, 5) is 10.7. The predicted octanol–water partition coefficient (Wildman–Crippen LogP) is 4.71. The molecule has 0 fully saturated rings. The maximum Gasteiger partial charge on any atom is 0.331 e. The average molecular weight is 238 g/mol. The van der Waals surface area contributed by atoms with Gasteiger partial charge in [-0.05, 0) is 39.5 Å². The fourth-order valence-electron chi connectivity index (χ4n) is 1.59. The average Bonchev–Trinajstić information content (AvgIpc) is 2.31. The van der Waals surface area contributed by atoms with Gasteiger partial charge in [0.05, 0.1) is 0 Å². The molecule has 0 aromatic heterocycles. The van der Waals surface area contributed by atoms with Crippen LogP contribution in [-0.2, 0) is 4.79 Å². The lowest BCUT2D eigenvalue weighted by molar-refractivity contribution is -0.132. The van der Waals surface area contributed by atoms with Gasteiger partial charge in [-0.3, -0.25) is 0 Å². The molecule has 0 spiro atoms. The lowest BCUT2D eigenvalue weighted by Gasteiger charge is -2.01. The number of hydrogen-bond acceptors (Lipinski definition) is 1. The Morgan fingerprint density at radius 1 is 1.06 bits per heavy atom. The lowest BCUT2D eigenvalue weighted by atomic mass is 10.1. The fourth-order valence-corrected chi connectivity index (χ4v) is 1.59. The summed E-state index contributed by atoms with van der Waals surface area (Å²) in [5.41, 5.74) is 1.47. The monoisotopic (exact) mass is 238 g/mol. The Morgan fingerprint density at radius 2 is 1.71 bits per heavy atom. The second kappa shape index (κ2) is 10.1. The maximum absolute atomic E-state index is 10.7. The van der Waals surface area contributed by atoms with Crippen LogP contribution in [0.3, 0.4) is 0 Å². The normalized spacial score (nSPS) is 12.9. The first-order valence-corrected chi connectivity index (χ1v) is 6.64. The second-order valence-electron chi connectivity index (χ2n) is 4.57. The van der Waals surface area contributed by atoms with Crippen molar-refractivity contribution in [3.05, 3.63) is 23.3 Å². The number of allylic oxidation sites excluding steroid dienone is 3. The molecule has 0 aliphatic carbocycles. The molecule has 0 rings (SSSR count). The number of aliphatic carboxylic acids is 1. The zero-order valence-corrected chi connectivity index (χ0v) is 11.5. The van der Waals surface area contributed by atoms with E-state index in [-0.39, 0.29) is 0 Å². The van der Waals surface area contributed by atoms with E-state index < -0.39 is 5.97 Å². The molecule has 0 unspecified atom stereocenters. The molecule has 0 amide bonds. The van der Waals surface area contributed by atoms with Crippen molar-refractivity contribution < 1.29 is 9.90 Å². The number of unbranched alkanes of at least 4 members (excludes halogenated alkanes) is 4. The number of carboxylic acid groups (broad SMARTS) is 1. The topological polar surface area (TPSA) is 37.3 Å². The third kappa shape index (κ3) is 8.73. The number of carboxylic acids is 1. The van der Waals surface area contributed by atoms with Crippen LogP contribution in [0.1, 0.15) is 65.7 Å². The molecule has 0 aromatic carbocycles. The SMILES string of the molecule is CCCCCC/C=C/CC/C(C)=C(\C)C(=O)O. The molecule has 2 heteroatoms. The Morgan fingerprint density at radius 3 is 2.29 bits per heavy atom. The summed E-state index contributed by atoms with van der Waals surface area (Å²) in [6.45, 7) is 5.79. The van der Waals surface area contributed by atoms with E-state index in [4.69, 9.17) is 5.11 Å². The first-order chi connectivity index (χ1) is 8.09. The van der Waals surface area contributed by atoms with Crippen LogP contribution in [-0.4, -0.2) is 11.1 Å². The van der Waals surface area contributed by atoms with Crippen LogP contribution in [0.2, 0.25) is 0 Å². The van der Waals surface area contributed by atoms with Crippen molar-refractivity contribution in [1.29, 1.82) is 0 Å². The van der Waals surface area contributed by atoms with Gasteiger partial charge in [-0.1, -0.05) is 43.9 Å². The van der Waals surface area contributed by atoms with E-state index in [0.717, 1.165) is 24.8 Å². The highest BCUT2D eigenvalue weighted by molar-refractivity contribution is 5.86. The number of carbonyl (C=O) groups is 1. The summed E-state index contributed by atoms with van der Waals surface area (Å²) < 4.78 is 0. The lowest BCUT2D eigenvalue weighted by Crippen LogP contribution is -1.99. The summed E-state index contributed by atoms with van der Waals surface area (Å²) >= 11 is 0. The molecule has 2 nitrogen and oxygen atoms in total. The Balaban J connectivity index is 3.66. The molecule has 0 radical (unpaired) electrons. The number of hydrogen-bond donors (Lipinski definition) is 1. The van der Waals surface area contributed by atoms with Crippen LogP contribution in [0.5, 0.6) is 0 Å². The van der Waals surface area contributed by atoms with Gasteiger partial charge in [-0.15, -0.1) is 0 Å². The predicted molar refractivity (Wildman–Crippen MR) is 73.1 cm³/mol. The summed E-state index contributed by atoms with van der Waals surface area (Å²) in [5.74, 6) is -0.800. The van der Waals surface area contributed by atoms with E-state index in [1.165, 1.54) is 25.7 Å². The molecule has 1 N–H and O–H groups in total. The highest BCUT2D eigenvalue weighted by Crippen LogP contribution is 2.11. The van der Waals surface area contributed by atoms with E-state index in [0.29, 0.717) is 5.57 Å². The second-order valence-corrected chi connectivity index (χ2v) is 4.57. The molecule has 0 aliphatic heterocycles. The van der Waals surface area contributed by atoms with Crippen molar-refractivity contribution in [2.45, 2.75) is 65.7 Å². The molecule has 0 saturated carbocycles. The van der Waals surface area contributed by atoms with E-state index in [2.05, 4.69) is 19.1 Å². The van der Waals surface area contributed by atoms with Crippen molar-refractivity contribution in [3.63, 3.8) is 0 Å². The van der Waals surface area contributed by atoms with Gasteiger partial charge in [0.25, 0.3) is 0 Å². The standard InChI is InChI=1S/C15H26O2/c1-4-5-6-7-8-9-10-11-12-13(2)14(3)15(16)17/h9-10H,4-8,11-12H2,1-3H3,(H,16,17)/b10-9+,14-13+. The molecule has 98 valence electrons. The first kappa shape index (κ1) is 16.0. The van der Waals surface area contributed by atoms with Gasteiger partial charge in [0, 0.05) is 5.57 Å². The minimum atomic E-state index is -0.800. The third-order valence-electron chi connectivity index (χ3n) is 3.04. The third-order valence-corrected chi connectivity index (χ3v) is 3.04. The highest BCUT2D eigenvalue weighted by atomic mass is 16.4. The highest BCUT2D eigenvalue weighted by Gasteiger charge is 2.03. The van der Waals surface area contributed by atoms with Crippen molar-refractivity contribution in [1.82, 2.24) is 0 Å². The van der Waals surface area contributed by atoms with Crippen molar-refractivity contribution in [2.75, 3.05) is 0 Å². The van der Waals surface area contributed by atoms with Crippen LogP contribution in [0, 0.1) is 0 Å². The quantitative estimate of drug-likeness (QED) is 0.359. The Bertz CT molecular complexity index is 275. The van der Waals surface area contributed by atoms with Crippen LogP contribution in [0.15, 0.2) is 23.3 Å². The van der Waals surface area contributed by atoms with Gasteiger partial charge >= 0.3 is 5.97 Å². The van der Waals surface area contributed by atoms with Gasteiger partial charge in [0.1, 0.15) is 0 Å². The van der Waals surface area contributed by atoms with Gasteiger partial charge in [-0.25, -0.2) is 4.79 Å². The summed E-state index contributed by atoms with van der Waals surface area (Å²) in [6.07, 6.45) is 12.5. The zero-order valence-electron chi connectivity index (χ0n) is 11.5. The zero-order chi connectivity index (χ0) is 13.1. The minimum absolute atomic E-state index is 0.487. The molecule has 0 aromatic rings. The fraction of sp³-hybridized carbons (Fsp3) is 0.667. The van der Waals surface area contributed by atoms with E-state index in [1.807, 2.05) is 6.92 Å². The molecular weight excluding hydrogens is 212 g/mol. The van der Waals surface area contributed by atoms with Crippen LogP contribution >= 0.6 is 0 Å². The number of rotatable bonds is 9. The van der Waals surface area contributed by atoms with Gasteiger partial charge in [0.2, 0.25) is 0 Å². The van der Waals surface area contributed by atoms with E-state index in [9.17, 15) is 4.79 Å². The van der Waals surface area contributed by atoms with Crippen molar-refractivity contribution in [3.8, 4) is 0 Å². The molecule has 0 atom stereocenters. The Hall–Kier alpha value is -1.05. The summed E-state index contributed by atoms with van der Waals surface area (Å²) in [6, 6.07) is 0. The first-order valence-electron chi connectivity index (χ1n) is 6.64. The van der Waals surface area contributed by atoms with Crippen molar-refractivity contribution in [2.24, 2.45) is 0 Å². The van der Waals surface area contributed by atoms with Gasteiger partial charge in [0.15, 0.2) is 0 Å². The van der Waals surface area contributed by atoms with E-state index >= 15 is 0 Å². The smallest absolute Gasteiger partial charge is 0.331 e. The molecule has 0 bridgehead atoms. The molecule has 0 aliphatic rings. The molecule has 17 heavy (non-hydrogen) atoms. The maximum atomic E-state index is 10.7. The van der Waals surface area contributed by atoms with Crippen molar-refractivity contribution >= 4 is 5.97 Å². The van der Waals surface area contributed by atoms with Gasteiger partial charge < -0.3 is 5.11 Å². The molecule has 0 saturated heterocycles. The molecule has 0 heterocycles.